The second-order valence-electron chi connectivity index (χ2n) is 6.62. The van der Waals surface area contributed by atoms with E-state index >= 15 is 0 Å². The van der Waals surface area contributed by atoms with E-state index in [0.29, 0.717) is 19.5 Å². The zero-order valence-electron chi connectivity index (χ0n) is 13.1. The maximum absolute atomic E-state index is 12.6. The highest BCUT2D eigenvalue weighted by atomic mass is 32.1. The van der Waals surface area contributed by atoms with E-state index in [1.54, 1.807) is 27.6 Å². The average molecular weight is 362 g/mol. The Labute approximate surface area is 148 Å². The van der Waals surface area contributed by atoms with Gasteiger partial charge in [-0.1, -0.05) is 12.5 Å². The van der Waals surface area contributed by atoms with E-state index in [1.165, 1.54) is 0 Å². The number of carboxylic acids is 1. The Balaban J connectivity index is 1.45. The van der Waals surface area contributed by atoms with Crippen LogP contribution in [0.5, 0.6) is 0 Å². The summed E-state index contributed by atoms with van der Waals surface area (Å²) in [5, 5.41) is 14.5. The molecule has 0 radical (unpaired) electrons. The van der Waals surface area contributed by atoms with E-state index in [9.17, 15) is 14.7 Å². The highest BCUT2D eigenvalue weighted by Crippen LogP contribution is 2.49. The van der Waals surface area contributed by atoms with Crippen LogP contribution in [0.2, 0.25) is 0 Å². The molecule has 2 aliphatic rings. The van der Waals surface area contributed by atoms with E-state index in [2.05, 4.69) is 4.98 Å². The third-order valence-electron chi connectivity index (χ3n) is 5.27. The van der Waals surface area contributed by atoms with Crippen LogP contribution in [0, 0.1) is 11.3 Å². The molecular formula is C17H18N2O3S2. The van der Waals surface area contributed by atoms with Crippen LogP contribution in [0.3, 0.4) is 0 Å². The third kappa shape index (κ3) is 2.56. The van der Waals surface area contributed by atoms with Crippen LogP contribution in [-0.4, -0.2) is 40.0 Å². The number of amides is 1. The number of likely N-dealkylation sites (tertiary alicyclic amines) is 1. The number of thiazole rings is 1. The molecule has 2 fully saturated rings. The van der Waals surface area contributed by atoms with Gasteiger partial charge in [0.2, 0.25) is 5.91 Å². The molecule has 1 saturated heterocycles. The molecule has 0 spiro atoms. The van der Waals surface area contributed by atoms with Gasteiger partial charge < -0.3 is 10.0 Å². The minimum absolute atomic E-state index is 0.00643. The molecule has 0 aromatic carbocycles. The summed E-state index contributed by atoms with van der Waals surface area (Å²) in [5.74, 6) is -0.641. The Morgan fingerprint density at radius 2 is 2.29 bits per heavy atom. The largest absolute Gasteiger partial charge is 0.481 e. The number of aliphatic carboxylic acids is 1. The number of hydrogen-bond donors (Lipinski definition) is 1. The van der Waals surface area contributed by atoms with Gasteiger partial charge in [0.15, 0.2) is 0 Å². The van der Waals surface area contributed by atoms with Crippen molar-refractivity contribution in [2.24, 2.45) is 11.3 Å². The number of aromatic nitrogens is 1. The molecule has 2 aromatic rings. The van der Waals surface area contributed by atoms with Gasteiger partial charge in [0.05, 0.1) is 22.4 Å². The van der Waals surface area contributed by atoms with Gasteiger partial charge in [-0.25, -0.2) is 4.98 Å². The van der Waals surface area contributed by atoms with Gasteiger partial charge in [0, 0.05) is 18.5 Å². The first-order chi connectivity index (χ1) is 11.6. The summed E-state index contributed by atoms with van der Waals surface area (Å²) in [7, 11) is 0. The predicted molar refractivity (Wildman–Crippen MR) is 93.1 cm³/mol. The molecule has 24 heavy (non-hydrogen) atoms. The summed E-state index contributed by atoms with van der Waals surface area (Å²) in [5.41, 5.74) is 0.0645. The fraction of sp³-hybridized carbons (Fsp3) is 0.471. The van der Waals surface area contributed by atoms with Gasteiger partial charge in [-0.05, 0) is 30.2 Å². The second-order valence-corrected chi connectivity index (χ2v) is 8.43. The SMILES string of the molecule is O=C(Cc1csc(-c2cccs2)n1)N1C[C@@H]2CCC[C@@]2(C(=O)O)C1. The van der Waals surface area contributed by atoms with E-state index in [0.717, 1.165) is 28.4 Å². The molecule has 5 nitrogen and oxygen atoms in total. The Morgan fingerprint density at radius 1 is 1.42 bits per heavy atom. The molecular weight excluding hydrogens is 344 g/mol. The van der Waals surface area contributed by atoms with Crippen molar-refractivity contribution >= 4 is 34.6 Å². The Hall–Kier alpha value is -1.73. The molecule has 1 amide bonds. The van der Waals surface area contributed by atoms with Crippen LogP contribution in [-0.2, 0) is 16.0 Å². The number of carbonyl (C=O) groups excluding carboxylic acids is 1. The Bertz CT molecular complexity index is 771. The first-order valence-corrected chi connectivity index (χ1v) is 9.84. The summed E-state index contributed by atoms with van der Waals surface area (Å²) < 4.78 is 0. The predicted octanol–water partition coefficient (Wildman–Crippen LogP) is 3.13. The molecule has 0 unspecified atom stereocenters. The number of fused-ring (bicyclic) bond motifs is 1. The van der Waals surface area contributed by atoms with Gasteiger partial charge in [-0.2, -0.15) is 0 Å². The first kappa shape index (κ1) is 15.8. The van der Waals surface area contributed by atoms with Crippen molar-refractivity contribution in [1.29, 1.82) is 0 Å². The van der Waals surface area contributed by atoms with Crippen molar-refractivity contribution in [3.63, 3.8) is 0 Å². The second kappa shape index (κ2) is 5.97. The van der Waals surface area contributed by atoms with Gasteiger partial charge >= 0.3 is 5.97 Å². The number of rotatable bonds is 4. The lowest BCUT2D eigenvalue weighted by molar-refractivity contribution is -0.149. The normalized spacial score (nSPS) is 25.8. The average Bonchev–Trinajstić information content (AvgIpc) is 3.30. The molecule has 3 heterocycles. The Kier molecular flexibility index (Phi) is 3.92. The van der Waals surface area contributed by atoms with Crippen LogP contribution < -0.4 is 0 Å². The number of thiophene rings is 1. The van der Waals surface area contributed by atoms with Crippen molar-refractivity contribution in [3.8, 4) is 9.88 Å². The minimum atomic E-state index is -0.742. The molecule has 2 aromatic heterocycles. The van der Waals surface area contributed by atoms with Crippen molar-refractivity contribution in [2.45, 2.75) is 25.7 Å². The smallest absolute Gasteiger partial charge is 0.311 e. The van der Waals surface area contributed by atoms with Gasteiger partial charge in [-0.15, -0.1) is 22.7 Å². The van der Waals surface area contributed by atoms with Gasteiger partial charge in [0.25, 0.3) is 0 Å². The molecule has 1 N–H and O–H groups in total. The molecule has 1 aliphatic heterocycles. The number of carboxylic acid groups (broad SMARTS) is 1. The van der Waals surface area contributed by atoms with E-state index in [-0.39, 0.29) is 18.2 Å². The van der Waals surface area contributed by atoms with Crippen LogP contribution in [0.1, 0.15) is 25.0 Å². The fourth-order valence-corrected chi connectivity index (χ4v) is 5.63. The number of nitrogens with zero attached hydrogens (tertiary/aromatic N) is 2. The summed E-state index contributed by atoms with van der Waals surface area (Å²) in [6, 6.07) is 4.01. The summed E-state index contributed by atoms with van der Waals surface area (Å²) in [4.78, 5) is 31.7. The molecule has 2 atom stereocenters. The lowest BCUT2D eigenvalue weighted by Gasteiger charge is -2.23. The van der Waals surface area contributed by atoms with Crippen LogP contribution in [0.25, 0.3) is 9.88 Å². The molecule has 126 valence electrons. The fourth-order valence-electron chi connectivity index (χ4n) is 4.00. The number of hydrogen-bond acceptors (Lipinski definition) is 5. The highest BCUT2D eigenvalue weighted by molar-refractivity contribution is 7.20. The van der Waals surface area contributed by atoms with Crippen LogP contribution >= 0.6 is 22.7 Å². The lowest BCUT2D eigenvalue weighted by Crippen LogP contribution is -2.37. The quantitative estimate of drug-likeness (QED) is 0.907. The highest BCUT2D eigenvalue weighted by Gasteiger charge is 2.55. The maximum Gasteiger partial charge on any atom is 0.311 e. The summed E-state index contributed by atoms with van der Waals surface area (Å²) in [6.07, 6.45) is 2.81. The van der Waals surface area contributed by atoms with Gasteiger partial charge in [-0.3, -0.25) is 9.59 Å². The molecule has 7 heteroatoms. The molecule has 1 saturated carbocycles. The standard InChI is InChI=1S/C17H18N2O3S2/c20-14(7-12-9-24-15(18-12)13-4-2-6-23-13)19-8-11-3-1-5-17(11,10-19)16(21)22/h2,4,6,9,11H,1,3,5,7-8,10H2,(H,21,22)/t11-,17+/m0/s1. The van der Waals surface area contributed by atoms with Gasteiger partial charge in [0.1, 0.15) is 5.01 Å². The van der Waals surface area contributed by atoms with Crippen molar-refractivity contribution in [3.05, 3.63) is 28.6 Å². The summed E-state index contributed by atoms with van der Waals surface area (Å²) in [6.45, 7) is 0.931. The molecule has 4 rings (SSSR count). The summed E-state index contributed by atoms with van der Waals surface area (Å²) >= 11 is 3.18. The first-order valence-electron chi connectivity index (χ1n) is 8.08. The monoisotopic (exact) mass is 362 g/mol. The molecule has 1 aliphatic carbocycles. The van der Waals surface area contributed by atoms with E-state index in [1.807, 2.05) is 22.9 Å². The van der Waals surface area contributed by atoms with Crippen molar-refractivity contribution in [2.75, 3.05) is 13.1 Å². The topological polar surface area (TPSA) is 70.5 Å². The van der Waals surface area contributed by atoms with E-state index in [4.69, 9.17) is 0 Å². The van der Waals surface area contributed by atoms with E-state index < -0.39 is 11.4 Å². The van der Waals surface area contributed by atoms with Crippen molar-refractivity contribution < 1.29 is 14.7 Å². The van der Waals surface area contributed by atoms with Crippen LogP contribution in [0.4, 0.5) is 0 Å². The van der Waals surface area contributed by atoms with Crippen LogP contribution in [0.15, 0.2) is 22.9 Å². The molecule has 0 bridgehead atoms. The third-order valence-corrected chi connectivity index (χ3v) is 7.20. The Morgan fingerprint density at radius 3 is 3.00 bits per heavy atom. The van der Waals surface area contributed by atoms with Crippen molar-refractivity contribution in [1.82, 2.24) is 9.88 Å². The minimum Gasteiger partial charge on any atom is -0.481 e. The zero-order chi connectivity index (χ0) is 16.7. The lowest BCUT2D eigenvalue weighted by atomic mass is 9.81. The maximum atomic E-state index is 12.6. The number of carbonyl (C=O) groups is 2. The zero-order valence-corrected chi connectivity index (χ0v) is 14.7.